The summed E-state index contributed by atoms with van der Waals surface area (Å²) >= 11 is 0. The van der Waals surface area contributed by atoms with Gasteiger partial charge in [-0.3, -0.25) is 4.79 Å². The Balaban J connectivity index is 1.47. The standard InChI is InChI=1S/C38H49F3N2O5/c1-3-5-7-9-11-13-15-25-47-35(44)26-34(38(39,40)41)48-37(45)31-18-16-30(17-19-31)36-42-27-32(28-43-36)29-20-22-33(23-21-29)46-24-14-12-10-8-6-4-2/h16-23,27-28,34H,3-15,24-26H2,1-2H3. The fourth-order valence-electron chi connectivity index (χ4n) is 5.07. The lowest BCUT2D eigenvalue weighted by Gasteiger charge is -2.20. The smallest absolute Gasteiger partial charge is 0.426 e. The number of alkyl halides is 3. The molecule has 1 atom stereocenters. The Morgan fingerprint density at radius 3 is 1.75 bits per heavy atom. The molecule has 262 valence electrons. The summed E-state index contributed by atoms with van der Waals surface area (Å²) in [4.78, 5) is 33.5. The first-order valence-corrected chi connectivity index (χ1v) is 17.3. The van der Waals surface area contributed by atoms with Crippen molar-refractivity contribution in [2.45, 2.75) is 116 Å². The summed E-state index contributed by atoms with van der Waals surface area (Å²) in [6.07, 6.45) is 8.91. The van der Waals surface area contributed by atoms with Crippen LogP contribution in [-0.2, 0) is 14.3 Å². The van der Waals surface area contributed by atoms with E-state index in [2.05, 4.69) is 23.8 Å². The number of carbonyl (C=O) groups excluding carboxylic acids is 2. The molecule has 2 aromatic carbocycles. The van der Waals surface area contributed by atoms with Crippen LogP contribution in [0.3, 0.4) is 0 Å². The molecule has 0 aliphatic heterocycles. The van der Waals surface area contributed by atoms with Crippen LogP contribution in [0.15, 0.2) is 60.9 Å². The zero-order valence-corrected chi connectivity index (χ0v) is 28.2. The first-order chi connectivity index (χ1) is 23.2. The molecule has 1 aromatic heterocycles. The number of esters is 2. The van der Waals surface area contributed by atoms with Gasteiger partial charge in [0.2, 0.25) is 6.10 Å². The van der Waals surface area contributed by atoms with Gasteiger partial charge in [0.1, 0.15) is 5.75 Å². The van der Waals surface area contributed by atoms with Crippen LogP contribution in [0, 0.1) is 0 Å². The number of hydrogen-bond donors (Lipinski definition) is 0. The monoisotopic (exact) mass is 670 g/mol. The zero-order chi connectivity index (χ0) is 34.6. The molecule has 3 rings (SSSR count). The minimum absolute atomic E-state index is 0.0379. The molecule has 0 spiro atoms. The molecule has 0 aliphatic carbocycles. The Morgan fingerprint density at radius 1 is 0.667 bits per heavy atom. The van der Waals surface area contributed by atoms with Gasteiger partial charge in [0, 0.05) is 23.5 Å². The van der Waals surface area contributed by atoms with Crippen LogP contribution in [0.5, 0.6) is 5.75 Å². The van der Waals surface area contributed by atoms with Crippen LogP contribution < -0.4 is 4.74 Å². The molecule has 0 radical (unpaired) electrons. The summed E-state index contributed by atoms with van der Waals surface area (Å²) in [6, 6.07) is 13.5. The van der Waals surface area contributed by atoms with E-state index in [0.717, 1.165) is 55.4 Å². The molecule has 0 saturated heterocycles. The molecule has 0 fully saturated rings. The normalized spacial score (nSPS) is 12.0. The van der Waals surface area contributed by atoms with Gasteiger partial charge in [0.05, 0.1) is 25.2 Å². The second-order valence-electron chi connectivity index (χ2n) is 12.0. The van der Waals surface area contributed by atoms with Gasteiger partial charge in [0.25, 0.3) is 0 Å². The van der Waals surface area contributed by atoms with Crippen LogP contribution in [0.4, 0.5) is 13.2 Å². The average Bonchev–Trinajstić information content (AvgIpc) is 3.09. The molecule has 0 amide bonds. The van der Waals surface area contributed by atoms with Crippen molar-refractivity contribution in [2.24, 2.45) is 0 Å². The van der Waals surface area contributed by atoms with Crippen molar-refractivity contribution in [3.8, 4) is 28.3 Å². The van der Waals surface area contributed by atoms with E-state index in [1.807, 2.05) is 24.3 Å². The number of unbranched alkanes of at least 4 members (excludes halogenated alkanes) is 11. The maximum absolute atomic E-state index is 13.6. The minimum Gasteiger partial charge on any atom is -0.494 e. The lowest BCUT2D eigenvalue weighted by Crippen LogP contribution is -2.36. The van der Waals surface area contributed by atoms with E-state index in [1.165, 1.54) is 62.8 Å². The van der Waals surface area contributed by atoms with Crippen molar-refractivity contribution >= 4 is 11.9 Å². The van der Waals surface area contributed by atoms with E-state index < -0.39 is 30.6 Å². The van der Waals surface area contributed by atoms with E-state index >= 15 is 0 Å². The van der Waals surface area contributed by atoms with Crippen molar-refractivity contribution in [1.82, 2.24) is 9.97 Å². The largest absolute Gasteiger partial charge is 0.494 e. The third-order valence-corrected chi connectivity index (χ3v) is 7.96. The third-order valence-electron chi connectivity index (χ3n) is 7.96. The molecule has 0 N–H and O–H groups in total. The average molecular weight is 671 g/mol. The molecule has 48 heavy (non-hydrogen) atoms. The van der Waals surface area contributed by atoms with Gasteiger partial charge in [-0.25, -0.2) is 14.8 Å². The highest BCUT2D eigenvalue weighted by Crippen LogP contribution is 2.28. The fraction of sp³-hybridized carbons (Fsp3) is 0.526. The second kappa shape index (κ2) is 21.1. The summed E-state index contributed by atoms with van der Waals surface area (Å²) in [5.74, 6) is -1.06. The molecule has 10 heteroatoms. The predicted octanol–water partition coefficient (Wildman–Crippen LogP) is 10.3. The molecular weight excluding hydrogens is 621 g/mol. The summed E-state index contributed by atoms with van der Waals surface area (Å²) < 4.78 is 56.4. The topological polar surface area (TPSA) is 87.6 Å². The Hall–Kier alpha value is -3.95. The minimum atomic E-state index is -4.93. The highest BCUT2D eigenvalue weighted by atomic mass is 19.4. The van der Waals surface area contributed by atoms with E-state index in [1.54, 1.807) is 12.4 Å². The van der Waals surface area contributed by atoms with Gasteiger partial charge in [-0.2, -0.15) is 13.2 Å². The Morgan fingerprint density at radius 2 is 1.19 bits per heavy atom. The van der Waals surface area contributed by atoms with Gasteiger partial charge in [-0.1, -0.05) is 109 Å². The summed E-state index contributed by atoms with van der Waals surface area (Å²) in [5, 5.41) is 0. The summed E-state index contributed by atoms with van der Waals surface area (Å²) in [5.41, 5.74) is 2.20. The molecule has 7 nitrogen and oxygen atoms in total. The Kier molecular flexibility index (Phi) is 16.9. The summed E-state index contributed by atoms with van der Waals surface area (Å²) in [7, 11) is 0. The van der Waals surface area contributed by atoms with Crippen LogP contribution >= 0.6 is 0 Å². The SMILES string of the molecule is CCCCCCCCCOC(=O)CC(OC(=O)c1ccc(-c2ncc(-c3ccc(OCCCCCCCC)cc3)cn2)cc1)C(F)(F)F. The number of nitrogens with zero attached hydrogens (tertiary/aromatic N) is 2. The van der Waals surface area contributed by atoms with Gasteiger partial charge in [-0.15, -0.1) is 0 Å². The molecule has 0 aliphatic rings. The van der Waals surface area contributed by atoms with Crippen molar-refractivity contribution in [3.63, 3.8) is 0 Å². The maximum atomic E-state index is 13.6. The first-order valence-electron chi connectivity index (χ1n) is 17.3. The lowest BCUT2D eigenvalue weighted by molar-refractivity contribution is -0.210. The number of carbonyl (C=O) groups is 2. The van der Waals surface area contributed by atoms with E-state index in [-0.39, 0.29) is 12.2 Å². The second-order valence-corrected chi connectivity index (χ2v) is 12.0. The predicted molar refractivity (Wildman–Crippen MR) is 181 cm³/mol. The van der Waals surface area contributed by atoms with Crippen molar-refractivity contribution < 1.29 is 37.0 Å². The molecule has 0 saturated carbocycles. The molecule has 3 aromatic rings. The van der Waals surface area contributed by atoms with Crippen molar-refractivity contribution in [3.05, 3.63) is 66.5 Å². The number of hydrogen-bond acceptors (Lipinski definition) is 7. The van der Waals surface area contributed by atoms with E-state index in [9.17, 15) is 22.8 Å². The van der Waals surface area contributed by atoms with Crippen LogP contribution in [0.1, 0.15) is 114 Å². The Labute approximate surface area is 282 Å². The van der Waals surface area contributed by atoms with Gasteiger partial charge >= 0.3 is 18.1 Å². The van der Waals surface area contributed by atoms with E-state index in [0.29, 0.717) is 24.4 Å². The van der Waals surface area contributed by atoms with E-state index in [4.69, 9.17) is 14.2 Å². The number of halogens is 3. The number of benzene rings is 2. The number of rotatable bonds is 22. The van der Waals surface area contributed by atoms with Crippen LogP contribution in [0.2, 0.25) is 0 Å². The fourth-order valence-corrected chi connectivity index (χ4v) is 5.07. The highest BCUT2D eigenvalue weighted by Gasteiger charge is 2.44. The highest BCUT2D eigenvalue weighted by molar-refractivity contribution is 5.90. The summed E-state index contributed by atoms with van der Waals surface area (Å²) in [6.45, 7) is 5.07. The van der Waals surface area contributed by atoms with Gasteiger partial charge in [0.15, 0.2) is 5.82 Å². The maximum Gasteiger partial charge on any atom is 0.426 e. The van der Waals surface area contributed by atoms with Gasteiger partial charge in [-0.05, 0) is 42.7 Å². The molecular formula is C38H49F3N2O5. The lowest BCUT2D eigenvalue weighted by atomic mass is 10.1. The van der Waals surface area contributed by atoms with Gasteiger partial charge < -0.3 is 14.2 Å². The van der Waals surface area contributed by atoms with Crippen LogP contribution in [-0.4, -0.2) is 47.4 Å². The first kappa shape index (κ1) is 38.5. The third kappa shape index (κ3) is 14.0. The molecule has 1 unspecified atom stereocenters. The van der Waals surface area contributed by atoms with Crippen molar-refractivity contribution in [1.29, 1.82) is 0 Å². The zero-order valence-electron chi connectivity index (χ0n) is 28.2. The molecule has 0 bridgehead atoms. The number of ether oxygens (including phenoxy) is 3. The van der Waals surface area contributed by atoms with Crippen molar-refractivity contribution in [2.75, 3.05) is 13.2 Å². The molecule has 1 heterocycles. The quantitative estimate of drug-likeness (QED) is 0.0776. The number of aromatic nitrogens is 2. The Bertz CT molecular complexity index is 1350. The van der Waals surface area contributed by atoms with Crippen LogP contribution in [0.25, 0.3) is 22.5 Å².